The Balaban J connectivity index is 3.74. The van der Waals surface area contributed by atoms with Crippen LogP contribution >= 0.6 is 0 Å². The zero-order valence-corrected chi connectivity index (χ0v) is 7.11. The second-order valence-electron chi connectivity index (χ2n) is 1.61. The van der Waals surface area contributed by atoms with Crippen molar-refractivity contribution in [1.29, 1.82) is 0 Å². The summed E-state index contributed by atoms with van der Waals surface area (Å²) in [6, 6.07) is 0. The predicted molar refractivity (Wildman–Crippen MR) is 36.7 cm³/mol. The fraction of sp³-hybridized carbons (Fsp3) is 0.500. The third-order valence-electron chi connectivity index (χ3n) is 0.728. The molecule has 0 bridgehead atoms. The van der Waals surface area contributed by atoms with Crippen LogP contribution < -0.4 is 11.5 Å². The summed E-state index contributed by atoms with van der Waals surface area (Å²) in [7, 11) is -3.12. The summed E-state index contributed by atoms with van der Waals surface area (Å²) in [4.78, 5) is 20.7. The molecule has 0 aromatic carbocycles. The van der Waals surface area contributed by atoms with E-state index in [1.165, 1.54) is 0 Å². The molecule has 0 spiro atoms. The first-order valence-corrected chi connectivity index (χ1v) is 4.18. The Hall–Kier alpha value is -1.12. The lowest BCUT2D eigenvalue weighted by Gasteiger charge is -1.98. The Morgan fingerprint density at radius 3 is 1.67 bits per heavy atom. The molecular formula is C4H8N2O5Si. The van der Waals surface area contributed by atoms with Gasteiger partial charge in [-0.15, -0.1) is 0 Å². The third kappa shape index (κ3) is 4.66. The highest BCUT2D eigenvalue weighted by molar-refractivity contribution is 6.32. The Morgan fingerprint density at radius 1 is 1.08 bits per heavy atom. The van der Waals surface area contributed by atoms with E-state index < -0.39 is 34.2 Å². The van der Waals surface area contributed by atoms with Gasteiger partial charge in [-0.05, 0) is 0 Å². The standard InChI is InChI=1S/C4H8N2O5Si/c5-1-3(7)10-12(9)11-4(8)2-6/h1-2,5-6H2. The van der Waals surface area contributed by atoms with Gasteiger partial charge in [-0.3, -0.25) is 14.1 Å². The molecule has 0 fully saturated rings. The van der Waals surface area contributed by atoms with Gasteiger partial charge in [-0.25, -0.2) is 0 Å². The van der Waals surface area contributed by atoms with Crippen molar-refractivity contribution in [2.75, 3.05) is 13.1 Å². The van der Waals surface area contributed by atoms with E-state index in [1.807, 2.05) is 0 Å². The van der Waals surface area contributed by atoms with Crippen molar-refractivity contribution in [2.24, 2.45) is 11.5 Å². The molecule has 0 rings (SSSR count). The van der Waals surface area contributed by atoms with Gasteiger partial charge < -0.3 is 20.3 Å². The van der Waals surface area contributed by atoms with Gasteiger partial charge in [0, 0.05) is 0 Å². The molecule has 0 aliphatic rings. The molecule has 12 heavy (non-hydrogen) atoms. The van der Waals surface area contributed by atoms with Crippen molar-refractivity contribution >= 4 is 21.1 Å². The van der Waals surface area contributed by atoms with Crippen LogP contribution in [-0.4, -0.2) is 34.2 Å². The Morgan fingerprint density at radius 2 is 1.42 bits per heavy atom. The van der Waals surface area contributed by atoms with E-state index in [0.29, 0.717) is 0 Å². The Kier molecular flexibility index (Phi) is 5.00. The van der Waals surface area contributed by atoms with Crippen molar-refractivity contribution < 1.29 is 22.9 Å². The summed E-state index contributed by atoms with van der Waals surface area (Å²) in [6.07, 6.45) is 0. The summed E-state index contributed by atoms with van der Waals surface area (Å²) >= 11 is 0. The van der Waals surface area contributed by atoms with Gasteiger partial charge in [0.1, 0.15) is 0 Å². The zero-order valence-electron chi connectivity index (χ0n) is 6.11. The maximum atomic E-state index is 10.6. The highest BCUT2D eigenvalue weighted by Crippen LogP contribution is 1.80. The van der Waals surface area contributed by atoms with E-state index in [0.717, 1.165) is 0 Å². The van der Waals surface area contributed by atoms with Crippen LogP contribution in [0.1, 0.15) is 0 Å². The third-order valence-corrected chi connectivity index (χ3v) is 1.52. The molecule has 0 heterocycles. The zero-order chi connectivity index (χ0) is 9.56. The number of rotatable bonds is 4. The predicted octanol–water partition coefficient (Wildman–Crippen LogP) is -2.59. The Labute approximate surface area is 69.5 Å². The first-order chi connectivity index (χ1) is 5.60. The first-order valence-electron chi connectivity index (χ1n) is 2.95. The van der Waals surface area contributed by atoms with Gasteiger partial charge in [0.25, 0.3) is 0 Å². The van der Waals surface area contributed by atoms with Gasteiger partial charge in [0.2, 0.25) is 0 Å². The summed E-state index contributed by atoms with van der Waals surface area (Å²) in [5, 5.41) is 0. The van der Waals surface area contributed by atoms with Crippen molar-refractivity contribution in [1.82, 2.24) is 0 Å². The maximum Gasteiger partial charge on any atom is 0.782 e. The van der Waals surface area contributed by atoms with Crippen LogP contribution in [0.4, 0.5) is 0 Å². The smallest absolute Gasteiger partial charge is 0.429 e. The number of hydrogen-bond donors (Lipinski definition) is 2. The molecule has 0 aliphatic carbocycles. The summed E-state index contributed by atoms with van der Waals surface area (Å²) in [5.74, 6) is -1.80. The van der Waals surface area contributed by atoms with E-state index in [-0.39, 0.29) is 0 Å². The van der Waals surface area contributed by atoms with Crippen LogP contribution in [0.2, 0.25) is 0 Å². The molecule has 0 aliphatic heterocycles. The number of carbonyl (C=O) groups excluding carboxylic acids is 2. The second kappa shape index (κ2) is 5.52. The van der Waals surface area contributed by atoms with Crippen LogP contribution in [0.25, 0.3) is 0 Å². The molecule has 0 radical (unpaired) electrons. The summed E-state index contributed by atoms with van der Waals surface area (Å²) < 4.78 is 18.7. The molecule has 0 unspecified atom stereocenters. The fourth-order valence-electron chi connectivity index (χ4n) is 0.290. The average molecular weight is 192 g/mol. The molecular weight excluding hydrogens is 184 g/mol. The van der Waals surface area contributed by atoms with Gasteiger partial charge >= 0.3 is 21.1 Å². The molecule has 0 aromatic heterocycles. The van der Waals surface area contributed by atoms with Crippen LogP contribution in [0.3, 0.4) is 0 Å². The molecule has 8 heteroatoms. The summed E-state index contributed by atoms with van der Waals surface area (Å²) in [6.45, 7) is -0.840. The monoisotopic (exact) mass is 192 g/mol. The van der Waals surface area contributed by atoms with Crippen LogP contribution in [-0.2, 0) is 22.9 Å². The molecule has 7 nitrogen and oxygen atoms in total. The van der Waals surface area contributed by atoms with Crippen LogP contribution in [0, 0.1) is 0 Å². The molecule has 0 amide bonds. The molecule has 0 atom stereocenters. The topological polar surface area (TPSA) is 122 Å². The summed E-state index contributed by atoms with van der Waals surface area (Å²) in [5.41, 5.74) is 9.64. The van der Waals surface area contributed by atoms with E-state index in [4.69, 9.17) is 11.5 Å². The highest BCUT2D eigenvalue weighted by atomic mass is 28.3. The molecule has 68 valence electrons. The lowest BCUT2D eigenvalue weighted by molar-refractivity contribution is -0.139. The molecule has 4 N–H and O–H groups in total. The van der Waals surface area contributed by atoms with E-state index in [1.54, 1.807) is 0 Å². The minimum absolute atomic E-state index is 0.420. The van der Waals surface area contributed by atoms with Crippen LogP contribution in [0.5, 0.6) is 0 Å². The van der Waals surface area contributed by atoms with E-state index >= 15 is 0 Å². The van der Waals surface area contributed by atoms with Gasteiger partial charge in [0.15, 0.2) is 0 Å². The van der Waals surface area contributed by atoms with Gasteiger partial charge in [0.05, 0.1) is 13.1 Å². The Bertz CT molecular complexity index is 186. The quantitative estimate of drug-likeness (QED) is 0.468. The SMILES string of the molecule is NCC(=O)O[Si](=O)OC(=O)CN. The minimum atomic E-state index is -3.12. The van der Waals surface area contributed by atoms with Crippen molar-refractivity contribution in [3.8, 4) is 0 Å². The highest BCUT2D eigenvalue weighted by Gasteiger charge is 2.19. The largest absolute Gasteiger partial charge is 0.782 e. The number of hydrogen-bond acceptors (Lipinski definition) is 7. The first kappa shape index (κ1) is 10.9. The van der Waals surface area contributed by atoms with Gasteiger partial charge in [-0.1, -0.05) is 0 Å². The number of carbonyl (C=O) groups is 2. The normalized spacial score (nSPS) is 8.83. The van der Waals surface area contributed by atoms with E-state index in [9.17, 15) is 14.1 Å². The van der Waals surface area contributed by atoms with E-state index in [2.05, 4.69) is 8.85 Å². The molecule has 0 saturated carbocycles. The lowest BCUT2D eigenvalue weighted by atomic mass is 10.7. The average Bonchev–Trinajstić information content (AvgIpc) is 2.03. The minimum Gasteiger partial charge on any atom is -0.429 e. The fourth-order valence-corrected chi connectivity index (χ4v) is 0.870. The second-order valence-corrected chi connectivity index (χ2v) is 2.51. The lowest BCUT2D eigenvalue weighted by Crippen LogP contribution is -2.28. The van der Waals surface area contributed by atoms with Gasteiger partial charge in [-0.2, -0.15) is 0 Å². The van der Waals surface area contributed by atoms with Crippen molar-refractivity contribution in [3.05, 3.63) is 0 Å². The van der Waals surface area contributed by atoms with Crippen LogP contribution in [0.15, 0.2) is 0 Å². The molecule has 0 aromatic rings. The number of nitrogens with two attached hydrogens (primary N) is 2. The molecule has 0 saturated heterocycles. The maximum absolute atomic E-state index is 10.6. The van der Waals surface area contributed by atoms with Crippen molar-refractivity contribution in [3.63, 3.8) is 0 Å². The van der Waals surface area contributed by atoms with Crippen molar-refractivity contribution in [2.45, 2.75) is 0 Å².